The Bertz CT molecular complexity index is 842. The first-order chi connectivity index (χ1) is 9.65. The quantitative estimate of drug-likeness (QED) is 0.701. The van der Waals surface area contributed by atoms with Gasteiger partial charge in [0.1, 0.15) is 5.82 Å². The molecular formula is C15H12FN3O. The summed E-state index contributed by atoms with van der Waals surface area (Å²) in [7, 11) is 0. The van der Waals surface area contributed by atoms with Gasteiger partial charge in [0, 0.05) is 11.8 Å². The van der Waals surface area contributed by atoms with Crippen LogP contribution >= 0.6 is 0 Å². The van der Waals surface area contributed by atoms with Crippen LogP contribution in [-0.4, -0.2) is 10.2 Å². The standard InChI is InChI=1S/C15H12FN3O/c16-12-6-5-9(7-13(12)17)8-14-10-3-1-2-4-11(10)15(20)19-18-14/h1-7H,8,17H2,(H,19,20). The molecule has 0 fully saturated rings. The monoisotopic (exact) mass is 269 g/mol. The highest BCUT2D eigenvalue weighted by Crippen LogP contribution is 2.18. The van der Waals surface area contributed by atoms with E-state index in [9.17, 15) is 9.18 Å². The van der Waals surface area contributed by atoms with Crippen molar-refractivity contribution in [2.24, 2.45) is 0 Å². The van der Waals surface area contributed by atoms with E-state index in [2.05, 4.69) is 10.2 Å². The molecule has 0 aliphatic rings. The highest BCUT2D eigenvalue weighted by Gasteiger charge is 2.08. The van der Waals surface area contributed by atoms with E-state index in [-0.39, 0.29) is 11.2 Å². The first-order valence-electron chi connectivity index (χ1n) is 6.15. The van der Waals surface area contributed by atoms with Crippen LogP contribution in [0.3, 0.4) is 0 Å². The molecule has 5 heteroatoms. The lowest BCUT2D eigenvalue weighted by Crippen LogP contribution is -2.11. The summed E-state index contributed by atoms with van der Waals surface area (Å²) in [5.41, 5.74) is 7.02. The second kappa shape index (κ2) is 4.77. The van der Waals surface area contributed by atoms with Gasteiger partial charge in [-0.15, -0.1) is 0 Å². The van der Waals surface area contributed by atoms with Crippen LogP contribution in [0, 0.1) is 5.82 Å². The smallest absolute Gasteiger partial charge is 0.272 e. The minimum Gasteiger partial charge on any atom is -0.396 e. The lowest BCUT2D eigenvalue weighted by Gasteiger charge is -2.06. The Labute approximate surface area is 114 Å². The summed E-state index contributed by atoms with van der Waals surface area (Å²) in [4.78, 5) is 11.7. The zero-order valence-electron chi connectivity index (χ0n) is 10.6. The number of nitrogens with two attached hydrogens (primary N) is 1. The number of nitrogens with zero attached hydrogens (tertiary/aromatic N) is 1. The van der Waals surface area contributed by atoms with Gasteiger partial charge < -0.3 is 5.73 Å². The third-order valence-electron chi connectivity index (χ3n) is 3.21. The van der Waals surface area contributed by atoms with E-state index in [4.69, 9.17) is 5.73 Å². The van der Waals surface area contributed by atoms with Crippen LogP contribution in [0.4, 0.5) is 10.1 Å². The maximum absolute atomic E-state index is 13.2. The fourth-order valence-corrected chi connectivity index (χ4v) is 2.20. The van der Waals surface area contributed by atoms with Gasteiger partial charge in [0.25, 0.3) is 5.56 Å². The molecule has 0 radical (unpaired) electrons. The number of fused-ring (bicyclic) bond motifs is 1. The molecule has 4 nitrogen and oxygen atoms in total. The van der Waals surface area contributed by atoms with Crippen molar-refractivity contribution in [2.45, 2.75) is 6.42 Å². The molecule has 100 valence electrons. The van der Waals surface area contributed by atoms with Crippen LogP contribution in [0.5, 0.6) is 0 Å². The van der Waals surface area contributed by atoms with E-state index in [0.29, 0.717) is 11.8 Å². The van der Waals surface area contributed by atoms with Crippen molar-refractivity contribution < 1.29 is 4.39 Å². The van der Waals surface area contributed by atoms with Crippen LogP contribution in [-0.2, 0) is 6.42 Å². The van der Waals surface area contributed by atoms with E-state index in [1.807, 2.05) is 12.1 Å². The number of nitrogen functional groups attached to an aromatic ring is 1. The van der Waals surface area contributed by atoms with E-state index in [0.717, 1.165) is 16.6 Å². The second-order valence-corrected chi connectivity index (χ2v) is 4.58. The Kier molecular flexibility index (Phi) is 2.95. The topological polar surface area (TPSA) is 71.8 Å². The van der Waals surface area contributed by atoms with Crippen molar-refractivity contribution in [3.05, 3.63) is 69.9 Å². The molecule has 0 aliphatic carbocycles. The molecule has 0 saturated heterocycles. The Morgan fingerprint density at radius 3 is 2.65 bits per heavy atom. The molecule has 3 N–H and O–H groups in total. The van der Waals surface area contributed by atoms with Gasteiger partial charge in [-0.3, -0.25) is 4.79 Å². The molecular weight excluding hydrogens is 257 g/mol. The van der Waals surface area contributed by atoms with Crippen LogP contribution in [0.25, 0.3) is 10.8 Å². The minimum absolute atomic E-state index is 0.108. The predicted octanol–water partition coefficient (Wildman–Crippen LogP) is 2.24. The second-order valence-electron chi connectivity index (χ2n) is 4.58. The zero-order valence-corrected chi connectivity index (χ0v) is 10.6. The molecule has 20 heavy (non-hydrogen) atoms. The number of anilines is 1. The Balaban J connectivity index is 2.09. The highest BCUT2D eigenvalue weighted by molar-refractivity contribution is 5.83. The van der Waals surface area contributed by atoms with E-state index in [1.54, 1.807) is 24.3 Å². The molecule has 2 aromatic carbocycles. The molecule has 0 unspecified atom stereocenters. The van der Waals surface area contributed by atoms with Gasteiger partial charge in [-0.05, 0) is 23.8 Å². The lowest BCUT2D eigenvalue weighted by molar-refractivity contribution is 0.632. The molecule has 0 spiro atoms. The zero-order chi connectivity index (χ0) is 14.1. The highest BCUT2D eigenvalue weighted by atomic mass is 19.1. The van der Waals surface area contributed by atoms with Crippen molar-refractivity contribution in [1.82, 2.24) is 10.2 Å². The number of halogens is 1. The molecule has 0 saturated carbocycles. The van der Waals surface area contributed by atoms with Crippen LogP contribution in [0.15, 0.2) is 47.3 Å². The van der Waals surface area contributed by atoms with E-state index < -0.39 is 5.82 Å². The lowest BCUT2D eigenvalue weighted by atomic mass is 10.0. The number of rotatable bonds is 2. The van der Waals surface area contributed by atoms with Crippen molar-refractivity contribution in [1.29, 1.82) is 0 Å². The fraction of sp³-hybridized carbons (Fsp3) is 0.0667. The first kappa shape index (κ1) is 12.3. The number of aromatic amines is 1. The van der Waals surface area contributed by atoms with Gasteiger partial charge in [-0.2, -0.15) is 5.10 Å². The van der Waals surface area contributed by atoms with Crippen LogP contribution in [0.1, 0.15) is 11.3 Å². The molecule has 3 aromatic rings. The number of hydrogen-bond acceptors (Lipinski definition) is 3. The molecule has 1 aromatic heterocycles. The van der Waals surface area contributed by atoms with E-state index in [1.165, 1.54) is 6.07 Å². The van der Waals surface area contributed by atoms with Crippen molar-refractivity contribution in [2.75, 3.05) is 5.73 Å². The molecule has 1 heterocycles. The number of nitrogens with one attached hydrogen (secondary N) is 1. The van der Waals surface area contributed by atoms with Gasteiger partial charge in [0.15, 0.2) is 0 Å². The number of aromatic nitrogens is 2. The minimum atomic E-state index is -0.437. The van der Waals surface area contributed by atoms with Crippen molar-refractivity contribution in [3.63, 3.8) is 0 Å². The Morgan fingerprint density at radius 1 is 1.15 bits per heavy atom. The number of H-pyrrole nitrogens is 1. The third kappa shape index (κ3) is 2.14. The largest absolute Gasteiger partial charge is 0.396 e. The Morgan fingerprint density at radius 2 is 1.90 bits per heavy atom. The summed E-state index contributed by atoms with van der Waals surface area (Å²) < 4.78 is 13.2. The average molecular weight is 269 g/mol. The van der Waals surface area contributed by atoms with Crippen molar-refractivity contribution >= 4 is 16.5 Å². The maximum Gasteiger partial charge on any atom is 0.272 e. The fourth-order valence-electron chi connectivity index (χ4n) is 2.20. The molecule has 0 amide bonds. The Hall–Kier alpha value is -2.69. The molecule has 0 aliphatic heterocycles. The summed E-state index contributed by atoms with van der Waals surface area (Å²) in [6.45, 7) is 0. The first-order valence-corrected chi connectivity index (χ1v) is 6.15. The van der Waals surface area contributed by atoms with Gasteiger partial charge in [0.2, 0.25) is 0 Å². The molecule has 0 bridgehead atoms. The summed E-state index contributed by atoms with van der Waals surface area (Å²) in [5, 5.41) is 7.94. The summed E-state index contributed by atoms with van der Waals surface area (Å²) in [6, 6.07) is 11.8. The van der Waals surface area contributed by atoms with Crippen LogP contribution in [0.2, 0.25) is 0 Å². The van der Waals surface area contributed by atoms with Crippen molar-refractivity contribution in [3.8, 4) is 0 Å². The summed E-state index contributed by atoms with van der Waals surface area (Å²) in [5.74, 6) is -0.437. The van der Waals surface area contributed by atoms with Crippen LogP contribution < -0.4 is 11.3 Å². The average Bonchev–Trinajstić information content (AvgIpc) is 2.46. The summed E-state index contributed by atoms with van der Waals surface area (Å²) >= 11 is 0. The van der Waals surface area contributed by atoms with Gasteiger partial charge >= 0.3 is 0 Å². The normalized spacial score (nSPS) is 10.8. The van der Waals surface area contributed by atoms with Gasteiger partial charge in [-0.1, -0.05) is 24.3 Å². The van der Waals surface area contributed by atoms with Gasteiger partial charge in [0.05, 0.1) is 16.8 Å². The molecule has 0 atom stereocenters. The molecule has 3 rings (SSSR count). The number of hydrogen-bond donors (Lipinski definition) is 2. The predicted molar refractivity (Wildman–Crippen MR) is 76.0 cm³/mol. The van der Waals surface area contributed by atoms with E-state index >= 15 is 0 Å². The SMILES string of the molecule is Nc1cc(Cc2n[nH]c(=O)c3ccccc23)ccc1F. The maximum atomic E-state index is 13.2. The third-order valence-corrected chi connectivity index (χ3v) is 3.21. The summed E-state index contributed by atoms with van der Waals surface area (Å²) in [6.07, 6.45) is 0.474. The number of benzene rings is 2. The van der Waals surface area contributed by atoms with Gasteiger partial charge in [-0.25, -0.2) is 9.49 Å².